The standard InChI is InChI=1S/C14H23NO2/c1-3-13-5-7-14(8-6-13)17-10-4-9-16-12(2)11-15/h5-8,12H,3-4,9-11,15H2,1-2H3. The quantitative estimate of drug-likeness (QED) is 0.706. The van der Waals surface area contributed by atoms with Crippen molar-refractivity contribution in [2.75, 3.05) is 19.8 Å². The highest BCUT2D eigenvalue weighted by molar-refractivity contribution is 5.27. The van der Waals surface area contributed by atoms with Gasteiger partial charge in [-0.25, -0.2) is 0 Å². The number of benzene rings is 1. The van der Waals surface area contributed by atoms with Crippen LogP contribution in [0.15, 0.2) is 24.3 Å². The third kappa shape index (κ3) is 5.71. The third-order valence-corrected chi connectivity index (χ3v) is 2.62. The van der Waals surface area contributed by atoms with Gasteiger partial charge in [0, 0.05) is 13.0 Å². The molecule has 1 atom stereocenters. The molecule has 0 aliphatic rings. The molecule has 17 heavy (non-hydrogen) atoms. The lowest BCUT2D eigenvalue weighted by Crippen LogP contribution is -2.21. The van der Waals surface area contributed by atoms with Gasteiger partial charge in [-0.15, -0.1) is 0 Å². The summed E-state index contributed by atoms with van der Waals surface area (Å²) in [5.74, 6) is 0.925. The maximum atomic E-state index is 5.61. The van der Waals surface area contributed by atoms with E-state index in [0.29, 0.717) is 19.8 Å². The molecule has 0 amide bonds. The molecule has 0 aromatic heterocycles. The van der Waals surface area contributed by atoms with Crippen molar-refractivity contribution in [2.45, 2.75) is 32.8 Å². The summed E-state index contributed by atoms with van der Waals surface area (Å²) in [4.78, 5) is 0. The van der Waals surface area contributed by atoms with Gasteiger partial charge in [-0.3, -0.25) is 0 Å². The summed E-state index contributed by atoms with van der Waals surface area (Å²) in [7, 11) is 0. The first kappa shape index (κ1) is 14.0. The molecule has 0 aliphatic heterocycles. The Morgan fingerprint density at radius 1 is 1.18 bits per heavy atom. The molecule has 1 rings (SSSR count). The van der Waals surface area contributed by atoms with Gasteiger partial charge in [0.05, 0.1) is 19.3 Å². The minimum Gasteiger partial charge on any atom is -0.494 e. The lowest BCUT2D eigenvalue weighted by molar-refractivity contribution is 0.0631. The fourth-order valence-electron chi connectivity index (χ4n) is 1.42. The Morgan fingerprint density at radius 3 is 2.47 bits per heavy atom. The van der Waals surface area contributed by atoms with Gasteiger partial charge in [-0.05, 0) is 31.0 Å². The van der Waals surface area contributed by atoms with Crippen LogP contribution in [0, 0.1) is 0 Å². The van der Waals surface area contributed by atoms with E-state index >= 15 is 0 Å². The maximum absolute atomic E-state index is 5.61. The molecule has 0 radical (unpaired) electrons. The fourth-order valence-corrected chi connectivity index (χ4v) is 1.42. The third-order valence-electron chi connectivity index (χ3n) is 2.62. The van der Waals surface area contributed by atoms with Crippen LogP contribution in [0.3, 0.4) is 0 Å². The van der Waals surface area contributed by atoms with Crippen molar-refractivity contribution in [1.82, 2.24) is 0 Å². The van der Waals surface area contributed by atoms with Crippen LogP contribution in [0.25, 0.3) is 0 Å². The van der Waals surface area contributed by atoms with Crippen LogP contribution >= 0.6 is 0 Å². The highest BCUT2D eigenvalue weighted by atomic mass is 16.5. The van der Waals surface area contributed by atoms with Gasteiger partial charge in [0.25, 0.3) is 0 Å². The predicted octanol–water partition coefficient (Wildman–Crippen LogP) is 2.38. The summed E-state index contributed by atoms with van der Waals surface area (Å²) in [6.07, 6.45) is 2.09. The van der Waals surface area contributed by atoms with E-state index in [9.17, 15) is 0 Å². The Balaban J connectivity index is 2.13. The van der Waals surface area contributed by atoms with Crippen LogP contribution in [0.2, 0.25) is 0 Å². The molecule has 0 saturated carbocycles. The predicted molar refractivity (Wildman–Crippen MR) is 70.4 cm³/mol. The second-order valence-electron chi connectivity index (χ2n) is 4.12. The summed E-state index contributed by atoms with van der Waals surface area (Å²) in [6.45, 7) is 6.07. The molecule has 0 fully saturated rings. The van der Waals surface area contributed by atoms with Crippen LogP contribution in [0.1, 0.15) is 25.8 Å². The molecule has 0 spiro atoms. The zero-order valence-electron chi connectivity index (χ0n) is 10.8. The molecule has 3 nitrogen and oxygen atoms in total. The van der Waals surface area contributed by atoms with Gasteiger partial charge in [0.2, 0.25) is 0 Å². The number of hydrogen-bond donors (Lipinski definition) is 1. The van der Waals surface area contributed by atoms with E-state index in [2.05, 4.69) is 19.1 Å². The van der Waals surface area contributed by atoms with Crippen molar-refractivity contribution < 1.29 is 9.47 Å². The number of aryl methyl sites for hydroxylation is 1. The fraction of sp³-hybridized carbons (Fsp3) is 0.571. The van der Waals surface area contributed by atoms with Gasteiger partial charge in [0.1, 0.15) is 5.75 Å². The molecule has 1 unspecified atom stereocenters. The van der Waals surface area contributed by atoms with Crippen molar-refractivity contribution >= 4 is 0 Å². The Kier molecular flexibility index (Phi) is 6.67. The molecule has 1 aromatic rings. The van der Waals surface area contributed by atoms with Crippen molar-refractivity contribution in [3.05, 3.63) is 29.8 Å². The van der Waals surface area contributed by atoms with Gasteiger partial charge in [-0.2, -0.15) is 0 Å². The first-order valence-electron chi connectivity index (χ1n) is 6.29. The normalized spacial score (nSPS) is 12.4. The van der Waals surface area contributed by atoms with E-state index < -0.39 is 0 Å². The van der Waals surface area contributed by atoms with Crippen LogP contribution in [-0.2, 0) is 11.2 Å². The van der Waals surface area contributed by atoms with E-state index in [1.807, 2.05) is 19.1 Å². The van der Waals surface area contributed by atoms with Gasteiger partial charge in [0.15, 0.2) is 0 Å². The van der Waals surface area contributed by atoms with E-state index in [1.54, 1.807) is 0 Å². The highest BCUT2D eigenvalue weighted by Gasteiger charge is 1.98. The van der Waals surface area contributed by atoms with E-state index in [1.165, 1.54) is 5.56 Å². The highest BCUT2D eigenvalue weighted by Crippen LogP contribution is 2.12. The molecular weight excluding hydrogens is 214 g/mol. The van der Waals surface area contributed by atoms with Gasteiger partial charge in [-0.1, -0.05) is 19.1 Å². The van der Waals surface area contributed by atoms with Crippen molar-refractivity contribution in [2.24, 2.45) is 5.73 Å². The maximum Gasteiger partial charge on any atom is 0.119 e. The number of ether oxygens (including phenoxy) is 2. The average molecular weight is 237 g/mol. The number of hydrogen-bond acceptors (Lipinski definition) is 3. The summed E-state index contributed by atoms with van der Waals surface area (Å²) < 4.78 is 11.1. The number of nitrogens with two attached hydrogens (primary N) is 1. The first-order valence-corrected chi connectivity index (χ1v) is 6.29. The largest absolute Gasteiger partial charge is 0.494 e. The molecule has 96 valence electrons. The van der Waals surface area contributed by atoms with Crippen LogP contribution in [-0.4, -0.2) is 25.9 Å². The zero-order valence-corrected chi connectivity index (χ0v) is 10.8. The summed E-state index contributed by atoms with van der Waals surface area (Å²) >= 11 is 0. The topological polar surface area (TPSA) is 44.5 Å². The Hall–Kier alpha value is -1.06. The molecular formula is C14H23NO2. The molecule has 0 heterocycles. The first-order chi connectivity index (χ1) is 8.26. The summed E-state index contributed by atoms with van der Waals surface area (Å²) in [5.41, 5.74) is 6.78. The van der Waals surface area contributed by atoms with Crippen molar-refractivity contribution in [3.8, 4) is 5.75 Å². The molecule has 0 aliphatic carbocycles. The monoisotopic (exact) mass is 237 g/mol. The van der Waals surface area contributed by atoms with Crippen LogP contribution < -0.4 is 10.5 Å². The Morgan fingerprint density at radius 2 is 1.88 bits per heavy atom. The second kappa shape index (κ2) is 8.09. The SMILES string of the molecule is CCc1ccc(OCCCOC(C)CN)cc1. The summed E-state index contributed by atoms with van der Waals surface area (Å²) in [5, 5.41) is 0. The molecule has 0 bridgehead atoms. The molecule has 3 heteroatoms. The zero-order chi connectivity index (χ0) is 12.5. The average Bonchev–Trinajstić information content (AvgIpc) is 2.38. The minimum absolute atomic E-state index is 0.138. The molecule has 1 aromatic carbocycles. The molecule has 2 N–H and O–H groups in total. The van der Waals surface area contributed by atoms with E-state index in [0.717, 1.165) is 18.6 Å². The smallest absolute Gasteiger partial charge is 0.119 e. The summed E-state index contributed by atoms with van der Waals surface area (Å²) in [6, 6.07) is 8.23. The van der Waals surface area contributed by atoms with Crippen LogP contribution in [0.5, 0.6) is 5.75 Å². The van der Waals surface area contributed by atoms with Crippen molar-refractivity contribution in [1.29, 1.82) is 0 Å². The van der Waals surface area contributed by atoms with E-state index in [-0.39, 0.29) is 6.10 Å². The van der Waals surface area contributed by atoms with Gasteiger partial charge < -0.3 is 15.2 Å². The molecule has 0 saturated heterocycles. The lowest BCUT2D eigenvalue weighted by Gasteiger charge is -2.11. The number of rotatable bonds is 8. The van der Waals surface area contributed by atoms with Gasteiger partial charge >= 0.3 is 0 Å². The Bertz CT molecular complexity index is 298. The van der Waals surface area contributed by atoms with Crippen molar-refractivity contribution in [3.63, 3.8) is 0 Å². The minimum atomic E-state index is 0.138. The second-order valence-corrected chi connectivity index (χ2v) is 4.12. The van der Waals surface area contributed by atoms with Crippen LogP contribution in [0.4, 0.5) is 0 Å². The lowest BCUT2D eigenvalue weighted by atomic mass is 10.2. The Labute approximate surface area is 104 Å². The van der Waals surface area contributed by atoms with E-state index in [4.69, 9.17) is 15.2 Å².